The zero-order valence-electron chi connectivity index (χ0n) is 25.1. The van der Waals surface area contributed by atoms with Gasteiger partial charge < -0.3 is 55.7 Å². The van der Waals surface area contributed by atoms with Gasteiger partial charge in [0.1, 0.15) is 12.6 Å². The first-order valence-corrected chi connectivity index (χ1v) is 14.5. The van der Waals surface area contributed by atoms with E-state index in [-0.39, 0.29) is 63.4 Å². The summed E-state index contributed by atoms with van der Waals surface area (Å²) in [6.45, 7) is 3.29. The molecular weight excluding hydrogens is 674 g/mol. The van der Waals surface area contributed by atoms with Crippen LogP contribution in [0.2, 0.25) is 0 Å². The molecule has 2 radical (unpaired) electrons. The van der Waals surface area contributed by atoms with Crippen LogP contribution in [-0.4, -0.2) is 79.7 Å². The summed E-state index contributed by atoms with van der Waals surface area (Å²) in [5.74, 6) is 0.164. The molecule has 1 saturated carbocycles. The van der Waals surface area contributed by atoms with Crippen molar-refractivity contribution in [3.63, 3.8) is 0 Å². The van der Waals surface area contributed by atoms with E-state index in [1.54, 1.807) is 42.6 Å². The van der Waals surface area contributed by atoms with Crippen LogP contribution >= 0.6 is 0 Å². The number of aliphatic hydroxyl groups is 4. The molecule has 0 bridgehead atoms. The average Bonchev–Trinajstić information content (AvgIpc) is 3.48. The topological polar surface area (TPSA) is 210 Å². The Kier molecular flexibility index (Phi) is 19.1. The molecule has 1 aliphatic carbocycles. The Morgan fingerprint density at radius 3 is 2.22 bits per heavy atom. The second kappa shape index (κ2) is 21.2. The standard InChI is InChI=1S/C26H30N6O3.2C2H6O2.2Co/c33-23(21-13-5-7-15-27-21)29-19-11-3-1-9-17(19)25-31-32-26(35-25)18-10-2-4-12-20(18)30-24(34)22-14-6-8-16-28-22;2*1-2(3)4;;/h1,3,5,7,9,11,13,15,18,20-22H,2,4,6,8,10,12,14,16H2,(H2,29,30,31,33,34);2*2-4H,1H3;;/q-2;;;2*+2/p-2. The normalized spacial score (nSPS) is 21.9. The predicted octanol–water partition coefficient (Wildman–Crippen LogP) is 4.58. The van der Waals surface area contributed by atoms with Crippen molar-refractivity contribution in [2.45, 2.75) is 95.4 Å². The molecule has 4 atom stereocenters. The summed E-state index contributed by atoms with van der Waals surface area (Å²) < 4.78 is 6.10. The van der Waals surface area contributed by atoms with Gasteiger partial charge in [-0.15, -0.1) is 28.5 Å². The van der Waals surface area contributed by atoms with Gasteiger partial charge in [0, 0.05) is 23.3 Å². The Morgan fingerprint density at radius 1 is 0.911 bits per heavy atom. The number of carbonyl (C=O) groups is 2. The zero-order chi connectivity index (χ0) is 31.2. The number of amides is 2. The number of aliphatic hydroxyl groups excluding tert-OH is 2. The summed E-state index contributed by atoms with van der Waals surface area (Å²) in [4.78, 5) is 25.4. The average molecular weight is 715 g/mol. The van der Waals surface area contributed by atoms with Crippen LogP contribution in [0.15, 0.2) is 53.1 Å². The van der Waals surface area contributed by atoms with E-state index >= 15 is 0 Å². The minimum atomic E-state index is -1.17. The second-order valence-corrected chi connectivity index (χ2v) is 10.3. The SMILES string of the molecule is CC(O)O.CC(O)O.O=C([N-]c1ccccc1-c1nnc(C2CCCCC2[N-]C(=O)C2CCCC[N-]2)o1)C1C=CC=C[N-]1.[Co+2].[Co+2]. The molecule has 45 heavy (non-hydrogen) atoms. The number of rotatable bonds is 6. The fraction of sp³-hybridized carbons (Fsp3) is 0.533. The van der Waals surface area contributed by atoms with Crippen molar-refractivity contribution in [3.05, 3.63) is 75.9 Å². The maximum Gasteiger partial charge on any atom is 2.00 e. The fourth-order valence-electron chi connectivity index (χ4n) is 4.78. The first-order chi connectivity index (χ1) is 20.7. The molecule has 2 amide bonds. The Morgan fingerprint density at radius 2 is 1.58 bits per heavy atom. The molecule has 1 aromatic carbocycles. The third-order valence-electron chi connectivity index (χ3n) is 6.66. The van der Waals surface area contributed by atoms with Gasteiger partial charge in [0.2, 0.25) is 11.8 Å². The molecule has 3 heterocycles. The maximum atomic E-state index is 12.8. The van der Waals surface area contributed by atoms with Crippen molar-refractivity contribution >= 4 is 17.5 Å². The number of hydrogen-bond acceptors (Lipinski definition) is 9. The van der Waals surface area contributed by atoms with E-state index in [0.717, 1.165) is 51.5 Å². The Balaban J connectivity index is 0.000000910. The Bertz CT molecular complexity index is 1210. The van der Waals surface area contributed by atoms with E-state index in [1.807, 2.05) is 6.07 Å². The molecule has 0 spiro atoms. The van der Waals surface area contributed by atoms with Crippen molar-refractivity contribution in [2.24, 2.45) is 0 Å². The molecule has 4 unspecified atom stereocenters. The number of nitrogens with zero attached hydrogens (tertiary/aromatic N) is 6. The number of allylic oxidation sites excluding steroid dienone is 2. The van der Waals surface area contributed by atoms with Crippen molar-refractivity contribution < 1.29 is 68.0 Å². The number of aromatic nitrogens is 2. The molecule has 2 aromatic rings. The third kappa shape index (κ3) is 13.7. The molecule has 4 N–H and O–H groups in total. The van der Waals surface area contributed by atoms with Gasteiger partial charge in [0.25, 0.3) is 0 Å². The number of hydrogen-bond donors (Lipinski definition) is 4. The predicted molar refractivity (Wildman–Crippen MR) is 160 cm³/mol. The summed E-state index contributed by atoms with van der Waals surface area (Å²) in [6.07, 6.45) is 11.0. The molecular formula is C30H40Co2N6O7. The summed E-state index contributed by atoms with van der Waals surface area (Å²) in [7, 11) is 0. The first kappa shape index (κ1) is 40.4. The summed E-state index contributed by atoms with van der Waals surface area (Å²) in [6, 6.07) is 6.05. The summed E-state index contributed by atoms with van der Waals surface area (Å²) in [5, 5.41) is 56.5. The van der Waals surface area contributed by atoms with Crippen molar-refractivity contribution in [2.75, 3.05) is 6.54 Å². The summed E-state index contributed by atoms with van der Waals surface area (Å²) >= 11 is 0. The Labute approximate surface area is 284 Å². The molecule has 2 aliphatic heterocycles. The van der Waals surface area contributed by atoms with Crippen LogP contribution in [-0.2, 0) is 43.1 Å². The monoisotopic (exact) mass is 714 g/mol. The van der Waals surface area contributed by atoms with E-state index in [1.165, 1.54) is 13.8 Å². The van der Waals surface area contributed by atoms with Gasteiger partial charge in [0.15, 0.2) is 0 Å². The molecule has 250 valence electrons. The van der Waals surface area contributed by atoms with Crippen molar-refractivity contribution in [1.82, 2.24) is 10.2 Å². The number of para-hydroxylation sites is 1. The first-order valence-electron chi connectivity index (χ1n) is 14.5. The molecule has 3 aliphatic rings. The maximum absolute atomic E-state index is 12.8. The van der Waals surface area contributed by atoms with Crippen LogP contribution in [0.1, 0.15) is 70.6 Å². The van der Waals surface area contributed by atoms with Crippen molar-refractivity contribution in [3.8, 4) is 11.5 Å². The van der Waals surface area contributed by atoms with Crippen LogP contribution in [0.25, 0.3) is 32.7 Å². The molecule has 13 nitrogen and oxygen atoms in total. The van der Waals surface area contributed by atoms with Gasteiger partial charge in [0.05, 0.1) is 0 Å². The fourth-order valence-corrected chi connectivity index (χ4v) is 4.78. The minimum Gasteiger partial charge on any atom is -0.680 e. The van der Waals surface area contributed by atoms with Gasteiger partial charge in [-0.2, -0.15) is 6.20 Å². The van der Waals surface area contributed by atoms with Crippen LogP contribution in [0, 0.1) is 0 Å². The van der Waals surface area contributed by atoms with E-state index in [2.05, 4.69) is 31.5 Å². The van der Waals surface area contributed by atoms with Crippen LogP contribution in [0.3, 0.4) is 0 Å². The smallest absolute Gasteiger partial charge is 0.680 e. The van der Waals surface area contributed by atoms with Crippen LogP contribution in [0.4, 0.5) is 5.69 Å². The second-order valence-electron chi connectivity index (χ2n) is 10.3. The number of carbonyl (C=O) groups excluding carboxylic acids is 2. The number of piperidine rings is 1. The third-order valence-corrected chi connectivity index (χ3v) is 6.66. The zero-order valence-corrected chi connectivity index (χ0v) is 27.2. The van der Waals surface area contributed by atoms with Gasteiger partial charge in [-0.1, -0.05) is 93.1 Å². The van der Waals surface area contributed by atoms with E-state index in [4.69, 9.17) is 24.8 Å². The van der Waals surface area contributed by atoms with Gasteiger partial charge in [-0.3, -0.25) is 0 Å². The van der Waals surface area contributed by atoms with Gasteiger partial charge in [-0.05, 0) is 20.3 Å². The summed E-state index contributed by atoms with van der Waals surface area (Å²) in [5.41, 5.74) is 1.03. The van der Waals surface area contributed by atoms with E-state index in [0.29, 0.717) is 23.0 Å². The minimum absolute atomic E-state index is 0. The molecule has 2 fully saturated rings. The van der Waals surface area contributed by atoms with Gasteiger partial charge >= 0.3 is 33.6 Å². The van der Waals surface area contributed by atoms with Crippen molar-refractivity contribution in [1.29, 1.82) is 0 Å². The molecule has 15 heteroatoms. The molecule has 1 aromatic heterocycles. The molecule has 1 saturated heterocycles. The van der Waals surface area contributed by atoms with Gasteiger partial charge in [-0.25, -0.2) is 0 Å². The quantitative estimate of drug-likeness (QED) is 0.308. The van der Waals surface area contributed by atoms with Crippen LogP contribution in [0.5, 0.6) is 0 Å². The van der Waals surface area contributed by atoms with E-state index < -0.39 is 18.6 Å². The Hall–Kier alpha value is -2.61. The van der Waals surface area contributed by atoms with E-state index in [9.17, 15) is 9.59 Å². The molecule has 5 rings (SSSR count). The number of benzene rings is 1. The largest absolute Gasteiger partial charge is 2.00 e. The van der Waals surface area contributed by atoms with Crippen LogP contribution < -0.4 is 0 Å².